The Morgan fingerprint density at radius 2 is 1.89 bits per heavy atom. The van der Waals surface area contributed by atoms with E-state index in [1.54, 1.807) is 7.05 Å². The summed E-state index contributed by atoms with van der Waals surface area (Å²) in [5.74, 6) is 0.688. The van der Waals surface area contributed by atoms with Crippen LogP contribution in [0.25, 0.3) is 11.1 Å². The molecule has 2 aromatic carbocycles. The van der Waals surface area contributed by atoms with Gasteiger partial charge in [-0.1, -0.05) is 30.3 Å². The van der Waals surface area contributed by atoms with Gasteiger partial charge >= 0.3 is 0 Å². The molecule has 4 rings (SSSR count). The maximum Gasteiger partial charge on any atom is 0.267 e. The van der Waals surface area contributed by atoms with E-state index >= 15 is 0 Å². The number of hydrogen-bond donors (Lipinski definition) is 1. The van der Waals surface area contributed by atoms with Gasteiger partial charge in [0.05, 0.1) is 6.61 Å². The highest BCUT2D eigenvalue weighted by molar-refractivity contribution is 6.39. The number of nitrogens with zero attached hydrogens (tertiary/aromatic N) is 2. The molecule has 138 valence electrons. The van der Waals surface area contributed by atoms with E-state index < -0.39 is 0 Å². The van der Waals surface area contributed by atoms with Crippen molar-refractivity contribution in [1.29, 1.82) is 0 Å². The van der Waals surface area contributed by atoms with E-state index in [4.69, 9.17) is 4.74 Å². The first-order chi connectivity index (χ1) is 13.1. The minimum atomic E-state index is -0.225. The third-order valence-corrected chi connectivity index (χ3v) is 4.90. The third kappa shape index (κ3) is 3.69. The molecule has 2 aliphatic heterocycles. The number of carbonyl (C=O) groups is 2. The van der Waals surface area contributed by atoms with Crippen LogP contribution >= 0.6 is 0 Å². The summed E-state index contributed by atoms with van der Waals surface area (Å²) >= 11 is 0. The van der Waals surface area contributed by atoms with Gasteiger partial charge in [-0.2, -0.15) is 5.10 Å². The fraction of sp³-hybridized carbons (Fsp3) is 0.286. The van der Waals surface area contributed by atoms with E-state index in [1.807, 2.05) is 18.2 Å². The molecule has 0 bridgehead atoms. The monoisotopic (exact) mass is 363 g/mol. The molecule has 0 aromatic heterocycles. The van der Waals surface area contributed by atoms with Crippen molar-refractivity contribution in [3.05, 3.63) is 53.6 Å². The lowest BCUT2D eigenvalue weighted by molar-refractivity contribution is -0.130. The molecule has 1 N–H and O–H groups in total. The van der Waals surface area contributed by atoms with Crippen molar-refractivity contribution in [2.24, 2.45) is 5.10 Å². The molecular formula is C21H21N3O3. The summed E-state index contributed by atoms with van der Waals surface area (Å²) in [5.41, 5.74) is 4.96. The highest BCUT2D eigenvalue weighted by atomic mass is 16.5. The van der Waals surface area contributed by atoms with E-state index in [0.29, 0.717) is 25.1 Å². The Kier molecular flexibility index (Phi) is 4.62. The molecular weight excluding hydrogens is 342 g/mol. The normalized spacial score (nSPS) is 15.8. The Hall–Kier alpha value is -3.15. The summed E-state index contributed by atoms with van der Waals surface area (Å²) in [4.78, 5) is 23.7. The van der Waals surface area contributed by atoms with Crippen LogP contribution in [0.1, 0.15) is 24.0 Å². The SMILES string of the molecule is CN1N=C(C(=O)NCc2ccc(-c3ccc4c(c3)CCO4)cc2)CCC1=O. The van der Waals surface area contributed by atoms with Crippen LogP contribution in [0.15, 0.2) is 47.6 Å². The van der Waals surface area contributed by atoms with Crippen molar-refractivity contribution in [2.45, 2.75) is 25.8 Å². The number of amides is 2. The predicted octanol–water partition coefficient (Wildman–Crippen LogP) is 2.51. The van der Waals surface area contributed by atoms with Crippen LogP contribution in [-0.2, 0) is 22.6 Å². The van der Waals surface area contributed by atoms with E-state index in [-0.39, 0.29) is 11.8 Å². The summed E-state index contributed by atoms with van der Waals surface area (Å²) in [6.45, 7) is 1.18. The van der Waals surface area contributed by atoms with Gasteiger partial charge < -0.3 is 10.1 Å². The molecule has 0 radical (unpaired) electrons. The quantitative estimate of drug-likeness (QED) is 0.907. The molecule has 0 fully saturated rings. The Labute approximate surface area is 157 Å². The number of rotatable bonds is 4. The highest BCUT2D eigenvalue weighted by Gasteiger charge is 2.21. The average Bonchev–Trinajstić information content (AvgIpc) is 3.16. The second kappa shape index (κ2) is 7.23. The molecule has 6 nitrogen and oxygen atoms in total. The second-order valence-electron chi connectivity index (χ2n) is 6.76. The van der Waals surface area contributed by atoms with Gasteiger partial charge in [0.15, 0.2) is 0 Å². The molecule has 6 heteroatoms. The van der Waals surface area contributed by atoms with E-state index in [9.17, 15) is 9.59 Å². The lowest BCUT2D eigenvalue weighted by atomic mass is 10.0. The zero-order valence-electron chi connectivity index (χ0n) is 15.2. The summed E-state index contributed by atoms with van der Waals surface area (Å²) < 4.78 is 5.55. The zero-order chi connectivity index (χ0) is 18.8. The number of hydrazone groups is 1. The maximum atomic E-state index is 12.2. The number of fused-ring (bicyclic) bond motifs is 1. The molecule has 2 amide bonds. The van der Waals surface area contributed by atoms with E-state index in [2.05, 4.69) is 34.7 Å². The second-order valence-corrected chi connectivity index (χ2v) is 6.76. The summed E-state index contributed by atoms with van der Waals surface area (Å²) in [6.07, 6.45) is 1.66. The molecule has 0 atom stereocenters. The number of benzene rings is 2. The van der Waals surface area contributed by atoms with Crippen molar-refractivity contribution in [3.8, 4) is 16.9 Å². The molecule has 2 aromatic rings. The molecule has 0 saturated heterocycles. The van der Waals surface area contributed by atoms with E-state index in [0.717, 1.165) is 29.9 Å². The van der Waals surface area contributed by atoms with Crippen LogP contribution in [0.3, 0.4) is 0 Å². The molecule has 27 heavy (non-hydrogen) atoms. The van der Waals surface area contributed by atoms with Gasteiger partial charge in [-0.15, -0.1) is 0 Å². The molecule has 2 heterocycles. The van der Waals surface area contributed by atoms with Crippen LogP contribution in [0.2, 0.25) is 0 Å². The topological polar surface area (TPSA) is 71.0 Å². The van der Waals surface area contributed by atoms with Gasteiger partial charge in [0.25, 0.3) is 5.91 Å². The number of nitrogens with one attached hydrogen (secondary N) is 1. The van der Waals surface area contributed by atoms with Crippen LogP contribution in [-0.4, -0.2) is 36.2 Å². The standard InChI is InChI=1S/C21H21N3O3/c1-24-20(25)9-7-18(23-24)21(26)22-13-14-2-4-15(5-3-14)16-6-8-19-17(12-16)10-11-27-19/h2-6,8,12H,7,9-11,13H2,1H3,(H,22,26). The van der Waals surface area contributed by atoms with Gasteiger partial charge in [-0.3, -0.25) is 9.59 Å². The average molecular weight is 363 g/mol. The van der Waals surface area contributed by atoms with Crippen LogP contribution in [0.4, 0.5) is 0 Å². The molecule has 0 aliphatic carbocycles. The van der Waals surface area contributed by atoms with Crippen molar-refractivity contribution < 1.29 is 14.3 Å². The first-order valence-electron chi connectivity index (χ1n) is 9.07. The van der Waals surface area contributed by atoms with Gasteiger partial charge in [0, 0.05) is 32.9 Å². The summed E-state index contributed by atoms with van der Waals surface area (Å²) in [7, 11) is 1.57. The van der Waals surface area contributed by atoms with Crippen molar-refractivity contribution in [2.75, 3.05) is 13.7 Å². The zero-order valence-corrected chi connectivity index (χ0v) is 15.2. The predicted molar refractivity (Wildman–Crippen MR) is 102 cm³/mol. The van der Waals surface area contributed by atoms with E-state index in [1.165, 1.54) is 16.1 Å². The fourth-order valence-corrected chi connectivity index (χ4v) is 3.30. The molecule has 0 unspecified atom stereocenters. The van der Waals surface area contributed by atoms with Gasteiger partial charge in [-0.25, -0.2) is 5.01 Å². The third-order valence-electron chi connectivity index (χ3n) is 4.90. The van der Waals surface area contributed by atoms with Crippen molar-refractivity contribution in [1.82, 2.24) is 10.3 Å². The van der Waals surface area contributed by atoms with Crippen LogP contribution in [0, 0.1) is 0 Å². The van der Waals surface area contributed by atoms with Crippen LogP contribution in [0.5, 0.6) is 5.75 Å². The molecule has 0 saturated carbocycles. The first kappa shape index (κ1) is 17.3. The Morgan fingerprint density at radius 1 is 1.11 bits per heavy atom. The lowest BCUT2D eigenvalue weighted by Gasteiger charge is -2.18. The van der Waals surface area contributed by atoms with Crippen molar-refractivity contribution >= 4 is 17.5 Å². The first-order valence-corrected chi connectivity index (χ1v) is 9.07. The van der Waals surface area contributed by atoms with Crippen molar-refractivity contribution in [3.63, 3.8) is 0 Å². The minimum Gasteiger partial charge on any atom is -0.493 e. The lowest BCUT2D eigenvalue weighted by Crippen LogP contribution is -2.37. The Balaban J connectivity index is 1.39. The number of ether oxygens (including phenoxy) is 1. The Bertz CT molecular complexity index is 919. The molecule has 2 aliphatic rings. The highest BCUT2D eigenvalue weighted by Crippen LogP contribution is 2.30. The Morgan fingerprint density at radius 3 is 2.67 bits per heavy atom. The largest absolute Gasteiger partial charge is 0.493 e. The molecule has 0 spiro atoms. The number of carbonyl (C=O) groups excluding carboxylic acids is 2. The minimum absolute atomic E-state index is 0.0692. The fourth-order valence-electron chi connectivity index (χ4n) is 3.30. The number of hydrogen-bond acceptors (Lipinski definition) is 4. The maximum absolute atomic E-state index is 12.2. The van der Waals surface area contributed by atoms with Gasteiger partial charge in [0.1, 0.15) is 11.5 Å². The van der Waals surface area contributed by atoms with Crippen LogP contribution < -0.4 is 10.1 Å². The smallest absolute Gasteiger partial charge is 0.267 e. The van der Waals surface area contributed by atoms with Gasteiger partial charge in [0.2, 0.25) is 5.91 Å². The summed E-state index contributed by atoms with van der Waals surface area (Å²) in [5, 5.41) is 8.14. The summed E-state index contributed by atoms with van der Waals surface area (Å²) in [6, 6.07) is 14.4. The van der Waals surface area contributed by atoms with Gasteiger partial charge in [-0.05, 0) is 34.4 Å².